The minimum absolute atomic E-state index is 0.00278. The number of amides is 1. The van der Waals surface area contributed by atoms with Crippen molar-refractivity contribution in [1.29, 1.82) is 0 Å². The first-order valence-corrected chi connectivity index (χ1v) is 5.20. The van der Waals surface area contributed by atoms with Crippen LogP contribution in [0.4, 0.5) is 0 Å². The van der Waals surface area contributed by atoms with Crippen molar-refractivity contribution >= 4 is 22.8 Å². The molecule has 0 bridgehead atoms. The number of rotatable bonds is 1. The standard InChI is InChI=1S/C8H15N3OS/c1-5(2)7(12)11-6(3)13-8(9-4)10-11/h5-6H,1-4H3,(H,9,10). The molecule has 0 spiro atoms. The molecule has 74 valence electrons. The van der Waals surface area contributed by atoms with Crippen LogP contribution in [-0.2, 0) is 4.79 Å². The molecule has 1 unspecified atom stereocenters. The zero-order valence-corrected chi connectivity index (χ0v) is 9.18. The summed E-state index contributed by atoms with van der Waals surface area (Å²) in [5.74, 6) is 0.0771. The van der Waals surface area contributed by atoms with Crippen LogP contribution in [0.25, 0.3) is 0 Å². The number of hydrazone groups is 1. The molecular formula is C8H15N3OS. The molecule has 0 aromatic heterocycles. The molecule has 1 atom stereocenters. The van der Waals surface area contributed by atoms with Crippen LogP contribution in [0.2, 0.25) is 0 Å². The van der Waals surface area contributed by atoms with Gasteiger partial charge in [-0.3, -0.25) is 4.79 Å². The molecule has 1 heterocycles. The summed E-state index contributed by atoms with van der Waals surface area (Å²) in [4.78, 5) is 11.6. The lowest BCUT2D eigenvalue weighted by Crippen LogP contribution is -2.32. The van der Waals surface area contributed by atoms with Crippen LogP contribution in [-0.4, -0.2) is 28.5 Å². The molecule has 0 aromatic carbocycles. The second-order valence-corrected chi connectivity index (χ2v) is 4.51. The molecule has 1 aliphatic rings. The van der Waals surface area contributed by atoms with Gasteiger partial charge in [-0.15, -0.1) is 5.10 Å². The second kappa shape index (κ2) is 4.00. The zero-order valence-electron chi connectivity index (χ0n) is 8.37. The van der Waals surface area contributed by atoms with Crippen LogP contribution < -0.4 is 5.32 Å². The van der Waals surface area contributed by atoms with Crippen molar-refractivity contribution in [2.75, 3.05) is 7.05 Å². The van der Waals surface area contributed by atoms with Crippen LogP contribution in [0.15, 0.2) is 5.10 Å². The second-order valence-electron chi connectivity index (χ2n) is 3.21. The van der Waals surface area contributed by atoms with E-state index in [1.165, 1.54) is 0 Å². The van der Waals surface area contributed by atoms with Crippen molar-refractivity contribution in [3.05, 3.63) is 0 Å². The van der Waals surface area contributed by atoms with E-state index in [0.717, 1.165) is 5.17 Å². The van der Waals surface area contributed by atoms with E-state index >= 15 is 0 Å². The first kappa shape index (κ1) is 10.4. The molecule has 0 aromatic rings. The Labute approximate surface area is 82.7 Å². The van der Waals surface area contributed by atoms with Gasteiger partial charge in [0.25, 0.3) is 0 Å². The molecule has 1 aliphatic heterocycles. The number of thioether (sulfide) groups is 1. The van der Waals surface area contributed by atoms with E-state index in [9.17, 15) is 4.79 Å². The predicted octanol–water partition coefficient (Wildman–Crippen LogP) is 1.05. The Hall–Kier alpha value is -0.710. The van der Waals surface area contributed by atoms with Crippen molar-refractivity contribution in [3.8, 4) is 0 Å². The number of amidine groups is 1. The highest BCUT2D eigenvalue weighted by atomic mass is 32.2. The third-order valence-electron chi connectivity index (χ3n) is 1.76. The number of nitrogens with one attached hydrogen (secondary N) is 1. The smallest absolute Gasteiger partial charge is 0.246 e. The fourth-order valence-electron chi connectivity index (χ4n) is 1.02. The van der Waals surface area contributed by atoms with Gasteiger partial charge in [0.15, 0.2) is 5.17 Å². The van der Waals surface area contributed by atoms with Crippen LogP contribution in [0, 0.1) is 5.92 Å². The van der Waals surface area contributed by atoms with Crippen molar-refractivity contribution in [3.63, 3.8) is 0 Å². The molecule has 13 heavy (non-hydrogen) atoms. The highest BCUT2D eigenvalue weighted by Gasteiger charge is 2.29. The average Bonchev–Trinajstić information content (AvgIpc) is 2.45. The quantitative estimate of drug-likeness (QED) is 0.690. The van der Waals surface area contributed by atoms with Gasteiger partial charge in [-0.2, -0.15) is 0 Å². The average molecular weight is 201 g/mol. The molecule has 0 radical (unpaired) electrons. The SMILES string of the molecule is CNC1=NN(C(=O)C(C)C)C(C)S1. The number of carbonyl (C=O) groups is 1. The largest absolute Gasteiger partial charge is 0.366 e. The molecule has 5 heteroatoms. The molecule has 1 rings (SSSR count). The van der Waals surface area contributed by atoms with Gasteiger partial charge < -0.3 is 5.32 Å². The van der Waals surface area contributed by atoms with E-state index in [1.807, 2.05) is 27.8 Å². The van der Waals surface area contributed by atoms with Crippen molar-refractivity contribution < 1.29 is 4.79 Å². The molecule has 1 N–H and O–H groups in total. The van der Waals surface area contributed by atoms with Crippen LogP contribution in [0.1, 0.15) is 20.8 Å². The van der Waals surface area contributed by atoms with Gasteiger partial charge in [-0.1, -0.05) is 25.6 Å². The first-order chi connectivity index (χ1) is 6.06. The maximum atomic E-state index is 11.6. The van der Waals surface area contributed by atoms with Crippen molar-refractivity contribution in [1.82, 2.24) is 10.3 Å². The highest BCUT2D eigenvalue weighted by molar-refractivity contribution is 8.14. The number of hydrogen-bond acceptors (Lipinski definition) is 4. The van der Waals surface area contributed by atoms with Gasteiger partial charge in [-0.05, 0) is 6.92 Å². The maximum Gasteiger partial charge on any atom is 0.246 e. The summed E-state index contributed by atoms with van der Waals surface area (Å²) in [6, 6.07) is 0. The summed E-state index contributed by atoms with van der Waals surface area (Å²) in [5.41, 5.74) is 0. The lowest BCUT2D eigenvalue weighted by molar-refractivity contribution is -0.134. The summed E-state index contributed by atoms with van der Waals surface area (Å²) in [6.07, 6.45) is 0. The summed E-state index contributed by atoms with van der Waals surface area (Å²) in [7, 11) is 1.81. The van der Waals surface area contributed by atoms with Gasteiger partial charge in [-0.25, -0.2) is 5.01 Å². The predicted molar refractivity (Wildman–Crippen MR) is 55.2 cm³/mol. The zero-order chi connectivity index (χ0) is 10.0. The van der Waals surface area contributed by atoms with E-state index < -0.39 is 0 Å². The van der Waals surface area contributed by atoms with E-state index in [0.29, 0.717) is 0 Å². The van der Waals surface area contributed by atoms with Crippen LogP contribution in [0.3, 0.4) is 0 Å². The van der Waals surface area contributed by atoms with E-state index in [-0.39, 0.29) is 17.2 Å². The number of carbonyl (C=O) groups excluding carboxylic acids is 1. The van der Waals surface area contributed by atoms with Crippen LogP contribution in [0.5, 0.6) is 0 Å². The Balaban J connectivity index is 2.70. The Bertz CT molecular complexity index is 240. The Kier molecular flexibility index (Phi) is 3.19. The van der Waals surface area contributed by atoms with Gasteiger partial charge in [0, 0.05) is 13.0 Å². The van der Waals surface area contributed by atoms with E-state index in [2.05, 4.69) is 10.4 Å². The molecule has 4 nitrogen and oxygen atoms in total. The Morgan fingerprint density at radius 2 is 2.31 bits per heavy atom. The minimum Gasteiger partial charge on any atom is -0.366 e. The summed E-state index contributed by atoms with van der Waals surface area (Å²) < 4.78 is 0. The summed E-state index contributed by atoms with van der Waals surface area (Å²) in [5, 5.41) is 9.56. The molecule has 0 saturated heterocycles. The van der Waals surface area contributed by atoms with E-state index in [4.69, 9.17) is 0 Å². The molecular weight excluding hydrogens is 186 g/mol. The number of nitrogens with zero attached hydrogens (tertiary/aromatic N) is 2. The summed E-state index contributed by atoms with van der Waals surface area (Å²) >= 11 is 1.56. The van der Waals surface area contributed by atoms with Gasteiger partial charge >= 0.3 is 0 Å². The van der Waals surface area contributed by atoms with Crippen LogP contribution >= 0.6 is 11.8 Å². The Morgan fingerprint density at radius 1 is 1.69 bits per heavy atom. The monoisotopic (exact) mass is 201 g/mol. The molecule has 0 saturated carbocycles. The third-order valence-corrected chi connectivity index (χ3v) is 2.81. The molecule has 0 aliphatic carbocycles. The first-order valence-electron chi connectivity index (χ1n) is 4.32. The lowest BCUT2D eigenvalue weighted by Gasteiger charge is -2.18. The van der Waals surface area contributed by atoms with Crippen molar-refractivity contribution in [2.45, 2.75) is 26.1 Å². The molecule has 1 amide bonds. The minimum atomic E-state index is 0.00278. The topological polar surface area (TPSA) is 44.7 Å². The molecule has 0 fully saturated rings. The Morgan fingerprint density at radius 3 is 2.69 bits per heavy atom. The lowest BCUT2D eigenvalue weighted by atomic mass is 10.2. The van der Waals surface area contributed by atoms with Gasteiger partial charge in [0.1, 0.15) is 5.37 Å². The highest BCUT2D eigenvalue weighted by Crippen LogP contribution is 2.25. The normalized spacial score (nSPS) is 22.1. The summed E-state index contributed by atoms with van der Waals surface area (Å²) in [6.45, 7) is 5.73. The van der Waals surface area contributed by atoms with Gasteiger partial charge in [0.05, 0.1) is 0 Å². The fourth-order valence-corrected chi connectivity index (χ4v) is 1.84. The van der Waals surface area contributed by atoms with E-state index in [1.54, 1.807) is 16.8 Å². The number of hydrogen-bond donors (Lipinski definition) is 1. The van der Waals surface area contributed by atoms with Crippen molar-refractivity contribution in [2.24, 2.45) is 11.0 Å². The third kappa shape index (κ3) is 2.15. The fraction of sp³-hybridized carbons (Fsp3) is 0.750. The van der Waals surface area contributed by atoms with Gasteiger partial charge in [0.2, 0.25) is 5.91 Å². The maximum absolute atomic E-state index is 11.6.